The van der Waals surface area contributed by atoms with Crippen molar-refractivity contribution in [2.45, 2.75) is 71.1 Å². The van der Waals surface area contributed by atoms with Crippen LogP contribution in [0.3, 0.4) is 0 Å². The molecule has 0 unspecified atom stereocenters. The van der Waals surface area contributed by atoms with Crippen molar-refractivity contribution in [1.82, 2.24) is 0 Å². The van der Waals surface area contributed by atoms with E-state index in [-0.39, 0.29) is 5.75 Å². The van der Waals surface area contributed by atoms with Crippen LogP contribution in [0.4, 0.5) is 0 Å². The fourth-order valence-corrected chi connectivity index (χ4v) is 2.74. The van der Waals surface area contributed by atoms with Gasteiger partial charge in [0.1, 0.15) is 0 Å². The maximum atomic E-state index is 11.3. The molecule has 0 aromatic rings. The summed E-state index contributed by atoms with van der Waals surface area (Å²) in [6.07, 6.45) is 11.5. The Morgan fingerprint density at radius 3 is 1.80 bits per heavy atom. The van der Waals surface area contributed by atoms with Gasteiger partial charge in [0, 0.05) is 0 Å². The molecule has 0 amide bonds. The molecule has 0 atom stereocenters. The Labute approximate surface area is 123 Å². The number of rotatable bonds is 13. The second-order valence-electron chi connectivity index (χ2n) is 5.03. The molecule has 4 N–H and O–H groups in total. The number of nitrogens with two attached hydrogens (primary N) is 2. The van der Waals surface area contributed by atoms with Crippen molar-refractivity contribution in [3.8, 4) is 0 Å². The lowest BCUT2D eigenvalue weighted by atomic mass is 10.1. The van der Waals surface area contributed by atoms with Crippen molar-refractivity contribution in [2.75, 3.05) is 5.75 Å². The van der Waals surface area contributed by atoms with E-state index in [9.17, 15) is 8.42 Å². The van der Waals surface area contributed by atoms with E-state index >= 15 is 0 Å². The highest BCUT2D eigenvalue weighted by Gasteiger charge is 2.10. The molecule has 0 aromatic heterocycles. The lowest BCUT2D eigenvalue weighted by Crippen LogP contribution is -2.24. The van der Waals surface area contributed by atoms with Gasteiger partial charge in [0.2, 0.25) is 5.96 Å². The monoisotopic (exact) mass is 307 g/mol. The van der Waals surface area contributed by atoms with E-state index in [1.165, 1.54) is 44.9 Å². The van der Waals surface area contributed by atoms with E-state index in [0.29, 0.717) is 6.42 Å². The third-order valence-electron chi connectivity index (χ3n) is 3.00. The van der Waals surface area contributed by atoms with Gasteiger partial charge in [0.15, 0.2) is 0 Å². The summed E-state index contributed by atoms with van der Waals surface area (Å²) < 4.78 is 26.9. The van der Waals surface area contributed by atoms with Gasteiger partial charge in [-0.05, 0) is 11.6 Å². The van der Waals surface area contributed by atoms with Gasteiger partial charge in [-0.3, -0.25) is 4.28 Å². The van der Waals surface area contributed by atoms with Crippen LogP contribution in [-0.2, 0) is 14.4 Å². The van der Waals surface area contributed by atoms with Gasteiger partial charge in [0.25, 0.3) is 0 Å². The molecule has 0 aliphatic rings. The average Bonchev–Trinajstić information content (AvgIpc) is 2.39. The molecular formula is C13H29N3O3S. The topological polar surface area (TPSA) is 108 Å². The molecule has 0 heterocycles. The minimum Gasteiger partial charge on any atom is -0.367 e. The predicted octanol–water partition coefficient (Wildman–Crippen LogP) is 2.44. The lowest BCUT2D eigenvalue weighted by Gasteiger charge is -2.03. The number of hydrogen-bond acceptors (Lipinski definition) is 4. The molecule has 0 rings (SSSR count). The molecule has 0 aliphatic carbocycles. The number of nitrogens with zero attached hydrogens (tertiary/aromatic N) is 1. The van der Waals surface area contributed by atoms with Crippen LogP contribution in [0.25, 0.3) is 0 Å². The molecule has 7 heteroatoms. The molecular weight excluding hydrogens is 278 g/mol. The largest absolute Gasteiger partial charge is 0.367 e. The van der Waals surface area contributed by atoms with E-state index < -0.39 is 16.1 Å². The van der Waals surface area contributed by atoms with Gasteiger partial charge in [-0.2, -0.15) is 8.42 Å². The number of hydrogen-bond donors (Lipinski definition) is 2. The summed E-state index contributed by atoms with van der Waals surface area (Å²) in [4.78, 5) is 0. The predicted molar refractivity (Wildman–Crippen MR) is 82.5 cm³/mol. The Morgan fingerprint density at radius 2 is 1.35 bits per heavy atom. The van der Waals surface area contributed by atoms with Gasteiger partial charge in [-0.1, -0.05) is 64.7 Å². The zero-order valence-electron chi connectivity index (χ0n) is 12.5. The van der Waals surface area contributed by atoms with Gasteiger partial charge in [-0.15, -0.1) is 0 Å². The third-order valence-corrected chi connectivity index (χ3v) is 4.09. The maximum Gasteiger partial charge on any atom is 0.328 e. The fraction of sp³-hybridized carbons (Fsp3) is 0.923. The summed E-state index contributed by atoms with van der Waals surface area (Å²) in [5, 5.41) is 3.04. The molecule has 0 aromatic carbocycles. The van der Waals surface area contributed by atoms with Crippen LogP contribution in [0.15, 0.2) is 5.16 Å². The zero-order valence-corrected chi connectivity index (χ0v) is 13.3. The Morgan fingerprint density at radius 1 is 0.900 bits per heavy atom. The van der Waals surface area contributed by atoms with Crippen LogP contribution in [0.5, 0.6) is 0 Å². The molecule has 0 aliphatic heterocycles. The first-order valence-electron chi connectivity index (χ1n) is 7.48. The first-order valence-corrected chi connectivity index (χ1v) is 9.06. The normalized spacial score (nSPS) is 11.2. The van der Waals surface area contributed by atoms with E-state index in [2.05, 4.69) is 16.4 Å². The van der Waals surface area contributed by atoms with Crippen LogP contribution in [0.2, 0.25) is 0 Å². The van der Waals surface area contributed by atoms with Crippen LogP contribution >= 0.6 is 0 Å². The molecule has 0 spiro atoms. The van der Waals surface area contributed by atoms with Crippen molar-refractivity contribution in [3.05, 3.63) is 0 Å². The summed E-state index contributed by atoms with van der Waals surface area (Å²) in [6.45, 7) is 2.21. The highest BCUT2D eigenvalue weighted by molar-refractivity contribution is 7.86. The Bertz CT molecular complexity index is 352. The van der Waals surface area contributed by atoms with Crippen LogP contribution in [0, 0.1) is 0 Å². The number of oxime groups is 1. The lowest BCUT2D eigenvalue weighted by molar-refractivity contribution is 0.336. The van der Waals surface area contributed by atoms with E-state index in [1.54, 1.807) is 0 Å². The van der Waals surface area contributed by atoms with Crippen LogP contribution < -0.4 is 11.5 Å². The first kappa shape index (κ1) is 19.0. The molecule has 0 fully saturated rings. The summed E-state index contributed by atoms with van der Waals surface area (Å²) in [5.74, 6) is -0.433. The summed E-state index contributed by atoms with van der Waals surface area (Å²) in [7, 11) is -3.63. The first-order chi connectivity index (χ1) is 9.48. The van der Waals surface area contributed by atoms with Crippen molar-refractivity contribution < 1.29 is 12.7 Å². The smallest absolute Gasteiger partial charge is 0.328 e. The fourth-order valence-electron chi connectivity index (χ4n) is 1.90. The number of guanidine groups is 1. The van der Waals surface area contributed by atoms with Crippen molar-refractivity contribution >= 4 is 16.1 Å². The highest BCUT2D eigenvalue weighted by atomic mass is 32.2. The van der Waals surface area contributed by atoms with E-state index in [1.807, 2.05) is 0 Å². The molecule has 120 valence electrons. The second kappa shape index (κ2) is 11.8. The Balaban J connectivity index is 3.41. The molecule has 20 heavy (non-hydrogen) atoms. The number of unbranched alkanes of at least 4 members (excludes halogenated alkanes) is 9. The molecule has 0 saturated heterocycles. The molecule has 0 radical (unpaired) electrons. The summed E-state index contributed by atoms with van der Waals surface area (Å²) >= 11 is 0. The van der Waals surface area contributed by atoms with E-state index in [4.69, 9.17) is 11.5 Å². The van der Waals surface area contributed by atoms with Crippen molar-refractivity contribution in [1.29, 1.82) is 0 Å². The van der Waals surface area contributed by atoms with Gasteiger partial charge in [0.05, 0.1) is 5.75 Å². The molecule has 6 nitrogen and oxygen atoms in total. The Kier molecular flexibility index (Phi) is 11.2. The second-order valence-corrected chi connectivity index (χ2v) is 6.71. The van der Waals surface area contributed by atoms with Crippen LogP contribution in [-0.4, -0.2) is 20.1 Å². The van der Waals surface area contributed by atoms with Gasteiger partial charge >= 0.3 is 10.1 Å². The summed E-state index contributed by atoms with van der Waals surface area (Å²) in [5.41, 5.74) is 9.98. The van der Waals surface area contributed by atoms with Gasteiger partial charge in [-0.25, -0.2) is 0 Å². The Hall–Kier alpha value is -0.980. The molecule has 0 saturated carbocycles. The minimum absolute atomic E-state index is 0.0414. The minimum atomic E-state index is -3.63. The van der Waals surface area contributed by atoms with Crippen molar-refractivity contribution in [3.63, 3.8) is 0 Å². The summed E-state index contributed by atoms with van der Waals surface area (Å²) in [6, 6.07) is 0. The van der Waals surface area contributed by atoms with Crippen molar-refractivity contribution in [2.24, 2.45) is 16.6 Å². The molecule has 0 bridgehead atoms. The van der Waals surface area contributed by atoms with Crippen LogP contribution in [0.1, 0.15) is 71.1 Å². The highest BCUT2D eigenvalue weighted by Crippen LogP contribution is 2.11. The maximum absolute atomic E-state index is 11.3. The zero-order chi connectivity index (χ0) is 15.3. The van der Waals surface area contributed by atoms with E-state index in [0.717, 1.165) is 12.8 Å². The average molecular weight is 307 g/mol. The standard InChI is InChI=1S/C13H29N3O3S/c1-2-3-4-5-6-7-8-9-10-11-12-20(17,18)19-16-13(14)15/h2-12H2,1H3,(H4,14,15,16). The third kappa shape index (κ3) is 13.5. The SMILES string of the molecule is CCCCCCCCCCCCS(=O)(=O)ON=C(N)N. The van der Waals surface area contributed by atoms with Gasteiger partial charge < -0.3 is 11.5 Å². The quantitative estimate of drug-likeness (QED) is 0.235.